The van der Waals surface area contributed by atoms with Crippen molar-refractivity contribution in [2.75, 3.05) is 18.1 Å². The summed E-state index contributed by atoms with van der Waals surface area (Å²) in [7, 11) is -6.85. The van der Waals surface area contributed by atoms with Crippen LogP contribution < -0.4 is 9.46 Å². The second-order valence-corrected chi connectivity index (χ2v) is 11.0. The Labute approximate surface area is 182 Å². The minimum absolute atomic E-state index is 0.0169. The van der Waals surface area contributed by atoms with Gasteiger partial charge in [-0.25, -0.2) is 31.2 Å². The van der Waals surface area contributed by atoms with E-state index in [0.717, 1.165) is 11.1 Å². The van der Waals surface area contributed by atoms with Crippen LogP contribution in [0.15, 0.2) is 66.1 Å². The van der Waals surface area contributed by atoms with E-state index >= 15 is 0 Å². The van der Waals surface area contributed by atoms with E-state index in [2.05, 4.69) is 14.8 Å². The molecule has 0 bridgehead atoms. The molecule has 0 fully saturated rings. The van der Waals surface area contributed by atoms with Crippen molar-refractivity contribution in [3.8, 4) is 5.75 Å². The molecule has 0 radical (unpaired) electrons. The summed E-state index contributed by atoms with van der Waals surface area (Å²) >= 11 is 0. The van der Waals surface area contributed by atoms with Crippen molar-refractivity contribution in [2.24, 2.45) is 0 Å². The fraction of sp³-hybridized carbons (Fsp3) is 0.300. The summed E-state index contributed by atoms with van der Waals surface area (Å²) in [6.45, 7) is 2.20. The Hall–Kier alpha value is -2.76. The fourth-order valence-electron chi connectivity index (χ4n) is 2.78. The van der Waals surface area contributed by atoms with Gasteiger partial charge in [-0.3, -0.25) is 0 Å². The SMILES string of the molecule is CCS(=O)(=O)CCOc1ccc(S(=O)(=O)NCc2ccccc2Cn2cncn2)cc1. The van der Waals surface area contributed by atoms with Crippen LogP contribution in [0, 0.1) is 0 Å². The molecule has 0 atom stereocenters. The van der Waals surface area contributed by atoms with Crippen LogP contribution in [0.2, 0.25) is 0 Å². The van der Waals surface area contributed by atoms with Gasteiger partial charge in [0.25, 0.3) is 0 Å². The Morgan fingerprint density at radius 1 is 1.00 bits per heavy atom. The van der Waals surface area contributed by atoms with Crippen LogP contribution in [0.3, 0.4) is 0 Å². The van der Waals surface area contributed by atoms with Crippen LogP contribution in [-0.2, 0) is 33.0 Å². The second kappa shape index (κ2) is 10.0. The van der Waals surface area contributed by atoms with E-state index in [9.17, 15) is 16.8 Å². The zero-order valence-corrected chi connectivity index (χ0v) is 18.6. The first-order chi connectivity index (χ1) is 14.8. The molecule has 0 spiro atoms. The number of sulfonamides is 1. The van der Waals surface area contributed by atoms with E-state index in [0.29, 0.717) is 12.3 Å². The average Bonchev–Trinajstić information content (AvgIpc) is 3.27. The van der Waals surface area contributed by atoms with Crippen LogP contribution in [0.4, 0.5) is 0 Å². The highest BCUT2D eigenvalue weighted by Crippen LogP contribution is 2.17. The van der Waals surface area contributed by atoms with Crippen LogP contribution >= 0.6 is 0 Å². The largest absolute Gasteiger partial charge is 0.493 e. The maximum Gasteiger partial charge on any atom is 0.240 e. The number of nitrogens with one attached hydrogen (secondary N) is 1. The monoisotopic (exact) mass is 464 g/mol. The van der Waals surface area contributed by atoms with Gasteiger partial charge < -0.3 is 4.74 Å². The molecule has 0 amide bonds. The van der Waals surface area contributed by atoms with Gasteiger partial charge in [0.2, 0.25) is 10.0 Å². The number of hydrogen-bond donors (Lipinski definition) is 1. The lowest BCUT2D eigenvalue weighted by Gasteiger charge is -2.12. The maximum atomic E-state index is 12.7. The first-order valence-corrected chi connectivity index (χ1v) is 12.9. The topological polar surface area (TPSA) is 120 Å². The van der Waals surface area contributed by atoms with Crippen molar-refractivity contribution in [3.63, 3.8) is 0 Å². The van der Waals surface area contributed by atoms with Crippen LogP contribution in [0.25, 0.3) is 0 Å². The first kappa shape index (κ1) is 22.9. The molecule has 0 aliphatic heterocycles. The predicted octanol–water partition coefficient (Wildman–Crippen LogP) is 1.62. The molecule has 1 aromatic heterocycles. The Kier molecular flexibility index (Phi) is 7.42. The number of sulfone groups is 1. The van der Waals surface area contributed by atoms with Gasteiger partial charge in [0.05, 0.1) is 17.2 Å². The quantitative estimate of drug-likeness (QED) is 0.458. The standard InChI is InChI=1S/C20H24N4O5S2/c1-2-30(25,26)12-11-29-19-7-9-20(10-8-19)31(27,28)23-13-17-5-3-4-6-18(17)14-24-16-21-15-22-24/h3-10,15-16,23H,2,11-14H2,1H3. The van der Waals surface area contributed by atoms with Gasteiger partial charge >= 0.3 is 0 Å². The van der Waals surface area contributed by atoms with Crippen molar-refractivity contribution >= 4 is 19.9 Å². The van der Waals surface area contributed by atoms with Gasteiger partial charge in [-0.2, -0.15) is 5.10 Å². The van der Waals surface area contributed by atoms with Gasteiger partial charge in [-0.15, -0.1) is 0 Å². The molecule has 0 aliphatic rings. The second-order valence-electron chi connectivity index (χ2n) is 6.74. The molecular weight excluding hydrogens is 440 g/mol. The molecule has 0 unspecified atom stereocenters. The van der Waals surface area contributed by atoms with Gasteiger partial charge in [-0.05, 0) is 35.4 Å². The Morgan fingerprint density at radius 3 is 2.35 bits per heavy atom. The number of rotatable bonds is 11. The summed E-state index contributed by atoms with van der Waals surface area (Å²) in [5.74, 6) is 0.378. The molecule has 0 saturated carbocycles. The Balaban J connectivity index is 1.61. The molecule has 1 N–H and O–H groups in total. The molecule has 31 heavy (non-hydrogen) atoms. The zero-order valence-electron chi connectivity index (χ0n) is 17.0. The molecule has 1 heterocycles. The predicted molar refractivity (Wildman–Crippen MR) is 116 cm³/mol. The molecule has 2 aromatic carbocycles. The van der Waals surface area contributed by atoms with E-state index in [1.54, 1.807) is 17.9 Å². The third kappa shape index (κ3) is 6.61. The van der Waals surface area contributed by atoms with Crippen molar-refractivity contribution in [2.45, 2.75) is 24.9 Å². The molecular formula is C20H24N4O5S2. The summed E-state index contributed by atoms with van der Waals surface area (Å²) in [4.78, 5) is 4.01. The number of ether oxygens (including phenoxy) is 1. The highest BCUT2D eigenvalue weighted by Gasteiger charge is 2.15. The lowest BCUT2D eigenvalue weighted by atomic mass is 10.1. The highest BCUT2D eigenvalue weighted by molar-refractivity contribution is 7.91. The average molecular weight is 465 g/mol. The van der Waals surface area contributed by atoms with Gasteiger partial charge in [0.1, 0.15) is 25.0 Å². The van der Waals surface area contributed by atoms with E-state index in [1.807, 2.05) is 24.3 Å². The molecule has 3 rings (SSSR count). The minimum atomic E-state index is -3.74. The zero-order chi connectivity index (χ0) is 22.3. The maximum absolute atomic E-state index is 12.7. The molecule has 166 valence electrons. The summed E-state index contributed by atoms with van der Waals surface area (Å²) in [6.07, 6.45) is 3.05. The molecule has 3 aromatic rings. The Bertz CT molecular complexity index is 1190. The minimum Gasteiger partial charge on any atom is -0.493 e. The van der Waals surface area contributed by atoms with Crippen LogP contribution in [-0.4, -0.2) is 49.7 Å². The third-order valence-corrected chi connectivity index (χ3v) is 7.69. The first-order valence-electron chi connectivity index (χ1n) is 9.61. The fourth-order valence-corrected chi connectivity index (χ4v) is 4.41. The summed E-state index contributed by atoms with van der Waals surface area (Å²) in [5, 5.41) is 4.08. The molecule has 11 heteroatoms. The van der Waals surface area contributed by atoms with Crippen molar-refractivity contribution in [1.82, 2.24) is 19.5 Å². The van der Waals surface area contributed by atoms with Crippen molar-refractivity contribution < 1.29 is 21.6 Å². The lowest BCUT2D eigenvalue weighted by molar-refractivity contribution is 0.340. The van der Waals surface area contributed by atoms with E-state index in [-0.39, 0.29) is 29.6 Å². The number of benzene rings is 2. The lowest BCUT2D eigenvalue weighted by Crippen LogP contribution is -2.24. The smallest absolute Gasteiger partial charge is 0.240 e. The normalized spacial score (nSPS) is 12.0. The summed E-state index contributed by atoms with van der Waals surface area (Å²) < 4.78 is 58.0. The van der Waals surface area contributed by atoms with E-state index in [4.69, 9.17) is 4.74 Å². The summed E-state index contributed by atoms with van der Waals surface area (Å²) in [6, 6.07) is 13.4. The van der Waals surface area contributed by atoms with Gasteiger partial charge in [-0.1, -0.05) is 31.2 Å². The van der Waals surface area contributed by atoms with Crippen LogP contribution in [0.1, 0.15) is 18.1 Å². The summed E-state index contributed by atoms with van der Waals surface area (Å²) in [5.41, 5.74) is 1.76. The highest BCUT2D eigenvalue weighted by atomic mass is 32.2. The molecule has 9 nitrogen and oxygen atoms in total. The van der Waals surface area contributed by atoms with Crippen molar-refractivity contribution in [3.05, 3.63) is 72.3 Å². The number of hydrogen-bond acceptors (Lipinski definition) is 7. The van der Waals surface area contributed by atoms with E-state index < -0.39 is 19.9 Å². The molecule has 0 saturated heterocycles. The number of nitrogens with zero attached hydrogens (tertiary/aromatic N) is 3. The molecule has 0 aliphatic carbocycles. The van der Waals surface area contributed by atoms with Gasteiger partial charge in [0, 0.05) is 12.3 Å². The third-order valence-electron chi connectivity index (χ3n) is 4.61. The van der Waals surface area contributed by atoms with E-state index in [1.165, 1.54) is 30.6 Å². The van der Waals surface area contributed by atoms with Gasteiger partial charge in [0.15, 0.2) is 9.84 Å². The van der Waals surface area contributed by atoms with Crippen LogP contribution in [0.5, 0.6) is 5.75 Å². The Morgan fingerprint density at radius 2 is 1.71 bits per heavy atom. The van der Waals surface area contributed by atoms with Crippen molar-refractivity contribution in [1.29, 1.82) is 0 Å². The number of aromatic nitrogens is 3.